The van der Waals surface area contributed by atoms with E-state index in [1.807, 2.05) is 0 Å². The van der Waals surface area contributed by atoms with Gasteiger partial charge in [-0.05, 0) is 6.92 Å². The van der Waals surface area contributed by atoms with Gasteiger partial charge in [0.25, 0.3) is 11.4 Å². The largest absolute Gasteiger partial charge is 0.476 e. The molecule has 21 heavy (non-hydrogen) atoms. The van der Waals surface area contributed by atoms with Crippen molar-refractivity contribution in [2.45, 2.75) is 6.92 Å². The monoisotopic (exact) mass is 292 g/mol. The molecule has 2 rings (SSSR count). The molecule has 0 radical (unpaired) electrons. The van der Waals surface area contributed by atoms with Crippen molar-refractivity contribution in [3.63, 3.8) is 0 Å². The summed E-state index contributed by atoms with van der Waals surface area (Å²) >= 11 is 0. The van der Waals surface area contributed by atoms with Crippen molar-refractivity contribution in [3.05, 3.63) is 55.9 Å². The first-order chi connectivity index (χ1) is 9.79. The minimum Gasteiger partial charge on any atom is -0.476 e. The average molecular weight is 292 g/mol. The smallest absolute Gasteiger partial charge is 0.356 e. The predicted molar refractivity (Wildman–Crippen MR) is 68.6 cm³/mol. The number of non-ortho nitro benzene ring substituents is 2. The fraction of sp³-hybridized carbons (Fsp3) is 0.0909. The van der Waals surface area contributed by atoms with E-state index in [1.54, 1.807) is 0 Å². The summed E-state index contributed by atoms with van der Waals surface area (Å²) in [5.74, 6) is -1.26. The third kappa shape index (κ3) is 2.68. The van der Waals surface area contributed by atoms with Gasteiger partial charge < -0.3 is 5.11 Å². The lowest BCUT2D eigenvalue weighted by molar-refractivity contribution is -0.394. The van der Waals surface area contributed by atoms with Crippen LogP contribution in [0, 0.1) is 27.2 Å². The Morgan fingerprint density at radius 2 is 1.71 bits per heavy atom. The maximum atomic E-state index is 10.9. The van der Waals surface area contributed by atoms with Crippen LogP contribution < -0.4 is 0 Å². The van der Waals surface area contributed by atoms with Gasteiger partial charge in [0.15, 0.2) is 5.69 Å². The molecule has 0 saturated heterocycles. The first-order valence-corrected chi connectivity index (χ1v) is 5.53. The first kappa shape index (κ1) is 14.1. The number of nitro groups is 2. The molecule has 1 heterocycles. The highest BCUT2D eigenvalue weighted by atomic mass is 16.6. The van der Waals surface area contributed by atoms with Crippen LogP contribution in [0.15, 0.2) is 24.4 Å². The van der Waals surface area contributed by atoms with Crippen molar-refractivity contribution in [1.82, 2.24) is 9.78 Å². The van der Waals surface area contributed by atoms with Crippen molar-refractivity contribution >= 4 is 17.3 Å². The Labute approximate surface area is 116 Å². The summed E-state index contributed by atoms with van der Waals surface area (Å²) in [6, 6.07) is 2.97. The molecule has 10 nitrogen and oxygen atoms in total. The van der Waals surface area contributed by atoms with Crippen LogP contribution in [-0.2, 0) is 0 Å². The Morgan fingerprint density at radius 1 is 1.19 bits per heavy atom. The zero-order valence-electron chi connectivity index (χ0n) is 10.6. The highest BCUT2D eigenvalue weighted by molar-refractivity contribution is 5.86. The average Bonchev–Trinajstić information content (AvgIpc) is 2.80. The quantitative estimate of drug-likeness (QED) is 0.667. The molecule has 10 heteroatoms. The van der Waals surface area contributed by atoms with Crippen LogP contribution in [0.4, 0.5) is 11.4 Å². The van der Waals surface area contributed by atoms with Crippen LogP contribution in [0.5, 0.6) is 0 Å². The molecule has 0 aliphatic heterocycles. The topological polar surface area (TPSA) is 141 Å². The van der Waals surface area contributed by atoms with Gasteiger partial charge in [-0.15, -0.1) is 0 Å². The van der Waals surface area contributed by atoms with Gasteiger partial charge in [0.05, 0.1) is 21.6 Å². The number of rotatable bonds is 4. The van der Waals surface area contributed by atoms with Crippen molar-refractivity contribution in [1.29, 1.82) is 0 Å². The number of aromatic carboxylic acids is 1. The van der Waals surface area contributed by atoms with Crippen LogP contribution >= 0.6 is 0 Å². The van der Waals surface area contributed by atoms with Crippen LogP contribution in [0.3, 0.4) is 0 Å². The Bertz CT molecular complexity index is 734. The molecule has 108 valence electrons. The normalized spacial score (nSPS) is 10.3. The van der Waals surface area contributed by atoms with Crippen molar-refractivity contribution in [3.8, 4) is 5.69 Å². The van der Waals surface area contributed by atoms with E-state index in [0.717, 1.165) is 22.9 Å². The molecule has 0 amide bonds. The molecule has 1 aromatic carbocycles. The number of hydrogen-bond donors (Lipinski definition) is 1. The summed E-state index contributed by atoms with van der Waals surface area (Å²) in [5.41, 5.74) is -0.833. The van der Waals surface area contributed by atoms with Crippen LogP contribution in [-0.4, -0.2) is 30.7 Å². The van der Waals surface area contributed by atoms with Gasteiger partial charge in [-0.3, -0.25) is 20.2 Å². The van der Waals surface area contributed by atoms with E-state index in [4.69, 9.17) is 5.11 Å². The molecule has 0 saturated carbocycles. The predicted octanol–water partition coefficient (Wildman–Crippen LogP) is 1.70. The third-order valence-corrected chi connectivity index (χ3v) is 2.67. The van der Waals surface area contributed by atoms with Crippen molar-refractivity contribution < 1.29 is 19.7 Å². The van der Waals surface area contributed by atoms with E-state index >= 15 is 0 Å². The van der Waals surface area contributed by atoms with Gasteiger partial charge in [0, 0.05) is 23.9 Å². The van der Waals surface area contributed by atoms with Crippen LogP contribution in [0.25, 0.3) is 5.69 Å². The fourth-order valence-electron chi connectivity index (χ4n) is 1.73. The van der Waals surface area contributed by atoms with Crippen LogP contribution in [0.1, 0.15) is 16.1 Å². The lowest BCUT2D eigenvalue weighted by Gasteiger charge is -2.01. The summed E-state index contributed by atoms with van der Waals surface area (Å²) in [5, 5.41) is 34.3. The second-order valence-corrected chi connectivity index (χ2v) is 4.13. The molecule has 0 aliphatic carbocycles. The number of nitro benzene ring substituents is 2. The number of aryl methyl sites for hydroxylation is 1. The molecule has 0 aliphatic rings. The number of hydrogen-bond acceptors (Lipinski definition) is 6. The van der Waals surface area contributed by atoms with E-state index in [2.05, 4.69) is 5.10 Å². The van der Waals surface area contributed by atoms with E-state index < -0.39 is 27.2 Å². The van der Waals surface area contributed by atoms with E-state index in [1.165, 1.54) is 13.1 Å². The molecule has 0 spiro atoms. The van der Waals surface area contributed by atoms with Gasteiger partial charge >= 0.3 is 5.97 Å². The molecule has 1 aromatic heterocycles. The Morgan fingerprint density at radius 3 is 2.10 bits per heavy atom. The Hall–Kier alpha value is -3.30. The highest BCUT2D eigenvalue weighted by Gasteiger charge is 2.19. The van der Waals surface area contributed by atoms with Gasteiger partial charge in [-0.25, -0.2) is 9.48 Å². The first-order valence-electron chi connectivity index (χ1n) is 5.53. The second kappa shape index (κ2) is 5.00. The maximum Gasteiger partial charge on any atom is 0.356 e. The van der Waals surface area contributed by atoms with E-state index in [-0.39, 0.29) is 11.4 Å². The molecular formula is C11H8N4O6. The summed E-state index contributed by atoms with van der Waals surface area (Å²) in [4.78, 5) is 31.0. The third-order valence-electron chi connectivity index (χ3n) is 2.67. The molecule has 0 unspecified atom stereocenters. The summed E-state index contributed by atoms with van der Waals surface area (Å²) < 4.78 is 1.05. The molecular weight excluding hydrogens is 284 g/mol. The molecule has 0 fully saturated rings. The number of benzene rings is 1. The fourth-order valence-corrected chi connectivity index (χ4v) is 1.73. The van der Waals surface area contributed by atoms with E-state index in [0.29, 0.717) is 5.56 Å². The molecule has 2 aromatic rings. The zero-order valence-corrected chi connectivity index (χ0v) is 10.6. The number of carboxylic acids is 1. The SMILES string of the molecule is Cc1cn(-c2cc([N+](=O)[O-])cc([N+](=O)[O-])c2)nc1C(=O)O. The molecule has 1 N–H and O–H groups in total. The lowest BCUT2D eigenvalue weighted by Crippen LogP contribution is -2.03. The zero-order chi connectivity index (χ0) is 15.7. The number of nitrogens with zero attached hydrogens (tertiary/aromatic N) is 4. The maximum absolute atomic E-state index is 10.9. The molecule has 0 atom stereocenters. The van der Waals surface area contributed by atoms with E-state index in [9.17, 15) is 25.0 Å². The second-order valence-electron chi connectivity index (χ2n) is 4.13. The van der Waals surface area contributed by atoms with Gasteiger partial charge in [0.2, 0.25) is 0 Å². The van der Waals surface area contributed by atoms with Crippen molar-refractivity contribution in [2.75, 3.05) is 0 Å². The Balaban J connectivity index is 2.62. The van der Waals surface area contributed by atoms with Gasteiger partial charge in [0.1, 0.15) is 0 Å². The van der Waals surface area contributed by atoms with Crippen molar-refractivity contribution in [2.24, 2.45) is 0 Å². The van der Waals surface area contributed by atoms with Gasteiger partial charge in [-0.1, -0.05) is 0 Å². The summed E-state index contributed by atoms with van der Waals surface area (Å²) in [6.45, 7) is 1.50. The molecule has 0 bridgehead atoms. The van der Waals surface area contributed by atoms with Gasteiger partial charge in [-0.2, -0.15) is 5.10 Å². The minimum atomic E-state index is -1.26. The summed E-state index contributed by atoms with van der Waals surface area (Å²) in [7, 11) is 0. The number of carbonyl (C=O) groups is 1. The Kier molecular flexibility index (Phi) is 3.36. The number of carboxylic acid groups (broad SMARTS) is 1. The summed E-state index contributed by atoms with van der Waals surface area (Å²) in [6.07, 6.45) is 1.33. The number of aromatic nitrogens is 2. The van der Waals surface area contributed by atoms with Crippen LogP contribution in [0.2, 0.25) is 0 Å². The lowest BCUT2D eigenvalue weighted by atomic mass is 10.2. The highest BCUT2D eigenvalue weighted by Crippen LogP contribution is 2.25. The standard InChI is InChI=1S/C11H8N4O6/c1-6-5-13(12-10(6)11(16)17)7-2-8(14(18)19)4-9(3-7)15(20)21/h2-5H,1H3,(H,16,17). The minimum absolute atomic E-state index is 0.0338.